The Bertz CT molecular complexity index is 1520. The van der Waals surface area contributed by atoms with Crippen LogP contribution in [0.2, 0.25) is 0 Å². The van der Waals surface area contributed by atoms with E-state index in [0.29, 0.717) is 19.3 Å². The second-order valence-electron chi connectivity index (χ2n) is 20.6. The van der Waals surface area contributed by atoms with Gasteiger partial charge in [-0.1, -0.05) is 278 Å². The average molecular weight is 1040 g/mol. The molecule has 0 N–H and O–H groups in total. The lowest BCUT2D eigenvalue weighted by atomic mass is 10.0. The predicted octanol–water partition coefficient (Wildman–Crippen LogP) is 21.4. The minimum atomic E-state index is -0.807. The van der Waals surface area contributed by atoms with Crippen molar-refractivity contribution in [3.63, 3.8) is 0 Å². The molecule has 6 nitrogen and oxygen atoms in total. The van der Waals surface area contributed by atoms with Crippen LogP contribution in [0.1, 0.15) is 290 Å². The second-order valence-corrected chi connectivity index (χ2v) is 20.6. The van der Waals surface area contributed by atoms with Crippen LogP contribution in [0.15, 0.2) is 109 Å². The predicted molar refractivity (Wildman–Crippen MR) is 325 cm³/mol. The number of carbonyl (C=O) groups excluding carboxylic acids is 3. The smallest absolute Gasteiger partial charge is 0.306 e. The fourth-order valence-corrected chi connectivity index (χ4v) is 8.58. The molecule has 428 valence electrons. The van der Waals surface area contributed by atoms with Crippen LogP contribution in [0.5, 0.6) is 0 Å². The highest BCUT2D eigenvalue weighted by Crippen LogP contribution is 2.16. The Morgan fingerprint density at radius 3 is 0.880 bits per heavy atom. The summed E-state index contributed by atoms with van der Waals surface area (Å²) in [6, 6.07) is 0. The summed E-state index contributed by atoms with van der Waals surface area (Å²) in [6.07, 6.45) is 85.2. The molecule has 0 heterocycles. The van der Waals surface area contributed by atoms with E-state index in [2.05, 4.69) is 130 Å². The lowest BCUT2D eigenvalue weighted by Crippen LogP contribution is -2.30. The number of rotatable bonds is 56. The number of carbonyl (C=O) groups is 3. The van der Waals surface area contributed by atoms with Crippen molar-refractivity contribution < 1.29 is 28.6 Å². The summed E-state index contributed by atoms with van der Waals surface area (Å²) in [6.45, 7) is 6.48. The van der Waals surface area contributed by atoms with Gasteiger partial charge in [-0.15, -0.1) is 0 Å². The molecule has 0 fully saturated rings. The first-order chi connectivity index (χ1) is 37.0. The molecule has 0 aliphatic heterocycles. The number of hydrogen-bond acceptors (Lipinski definition) is 6. The van der Waals surface area contributed by atoms with Gasteiger partial charge in [0.2, 0.25) is 0 Å². The van der Waals surface area contributed by atoms with Crippen molar-refractivity contribution in [2.75, 3.05) is 13.2 Å². The van der Waals surface area contributed by atoms with Crippen molar-refractivity contribution >= 4 is 17.9 Å². The molecule has 0 aromatic rings. The topological polar surface area (TPSA) is 78.9 Å². The summed E-state index contributed by atoms with van der Waals surface area (Å²) in [5.41, 5.74) is 0. The number of esters is 3. The van der Waals surface area contributed by atoms with Gasteiger partial charge in [-0.25, -0.2) is 0 Å². The first-order valence-corrected chi connectivity index (χ1v) is 31.4. The number of ether oxygens (including phenoxy) is 3. The van der Waals surface area contributed by atoms with E-state index in [9.17, 15) is 14.4 Å². The lowest BCUT2D eigenvalue weighted by Gasteiger charge is -2.18. The Labute approximate surface area is 463 Å². The minimum Gasteiger partial charge on any atom is -0.462 e. The van der Waals surface area contributed by atoms with Gasteiger partial charge >= 0.3 is 17.9 Å². The molecule has 1 atom stereocenters. The number of allylic oxidation sites excluding steroid dienone is 18. The highest BCUT2D eigenvalue weighted by Gasteiger charge is 2.19. The summed E-state index contributed by atoms with van der Waals surface area (Å²) in [5, 5.41) is 0. The third kappa shape index (κ3) is 60.8. The van der Waals surface area contributed by atoms with Gasteiger partial charge in [0.25, 0.3) is 0 Å². The second kappa shape index (κ2) is 62.6. The molecule has 0 aliphatic rings. The van der Waals surface area contributed by atoms with Gasteiger partial charge in [0, 0.05) is 19.3 Å². The number of unbranched alkanes of at least 4 members (excludes halogenated alkanes) is 27. The van der Waals surface area contributed by atoms with Gasteiger partial charge in [0.15, 0.2) is 6.10 Å². The van der Waals surface area contributed by atoms with Crippen molar-refractivity contribution in [3.05, 3.63) is 109 Å². The summed E-state index contributed by atoms with van der Waals surface area (Å²) < 4.78 is 16.9. The van der Waals surface area contributed by atoms with E-state index in [1.807, 2.05) is 0 Å². The van der Waals surface area contributed by atoms with Crippen molar-refractivity contribution in [1.29, 1.82) is 0 Å². The molecule has 0 saturated heterocycles. The lowest BCUT2D eigenvalue weighted by molar-refractivity contribution is -0.167. The molecule has 0 radical (unpaired) electrons. The van der Waals surface area contributed by atoms with Crippen molar-refractivity contribution in [3.8, 4) is 0 Å². The molecule has 0 aromatic carbocycles. The molecule has 0 rings (SSSR count). The van der Waals surface area contributed by atoms with Crippen LogP contribution in [0, 0.1) is 0 Å². The molecule has 6 heteroatoms. The van der Waals surface area contributed by atoms with E-state index < -0.39 is 6.10 Å². The highest BCUT2D eigenvalue weighted by atomic mass is 16.6. The molecule has 0 amide bonds. The van der Waals surface area contributed by atoms with Crippen molar-refractivity contribution in [1.82, 2.24) is 0 Å². The van der Waals surface area contributed by atoms with Crippen LogP contribution < -0.4 is 0 Å². The first kappa shape index (κ1) is 71.1. The zero-order valence-electron chi connectivity index (χ0n) is 49.0. The van der Waals surface area contributed by atoms with Gasteiger partial charge in [-0.05, 0) is 103 Å². The third-order valence-electron chi connectivity index (χ3n) is 13.3. The fourth-order valence-electron chi connectivity index (χ4n) is 8.58. The molecule has 0 bridgehead atoms. The average Bonchev–Trinajstić information content (AvgIpc) is 3.41. The van der Waals surface area contributed by atoms with Gasteiger partial charge in [-0.3, -0.25) is 14.4 Å². The zero-order chi connectivity index (χ0) is 54.3. The quantitative estimate of drug-likeness (QED) is 0.0261. The Balaban J connectivity index is 4.49. The van der Waals surface area contributed by atoms with Gasteiger partial charge in [-0.2, -0.15) is 0 Å². The molecule has 0 spiro atoms. The van der Waals surface area contributed by atoms with E-state index in [-0.39, 0.29) is 37.5 Å². The summed E-state index contributed by atoms with van der Waals surface area (Å²) >= 11 is 0. The largest absolute Gasteiger partial charge is 0.462 e. The Kier molecular flexibility index (Phi) is 59.3. The van der Waals surface area contributed by atoms with E-state index >= 15 is 0 Å². The van der Waals surface area contributed by atoms with E-state index in [4.69, 9.17) is 14.2 Å². The number of hydrogen-bond donors (Lipinski definition) is 0. The Morgan fingerprint density at radius 1 is 0.280 bits per heavy atom. The minimum absolute atomic E-state index is 0.0982. The molecule has 0 saturated carbocycles. The van der Waals surface area contributed by atoms with E-state index in [1.54, 1.807) is 0 Å². The van der Waals surface area contributed by atoms with Crippen LogP contribution in [-0.4, -0.2) is 37.2 Å². The van der Waals surface area contributed by atoms with Gasteiger partial charge in [0.1, 0.15) is 13.2 Å². The highest BCUT2D eigenvalue weighted by molar-refractivity contribution is 5.71. The summed E-state index contributed by atoms with van der Waals surface area (Å²) in [5.74, 6) is -0.960. The molecule has 0 aromatic heterocycles. The normalized spacial score (nSPS) is 12.8. The monoisotopic (exact) mass is 1040 g/mol. The summed E-state index contributed by atoms with van der Waals surface area (Å²) in [7, 11) is 0. The van der Waals surface area contributed by atoms with Crippen molar-refractivity contribution in [2.45, 2.75) is 297 Å². The maximum Gasteiger partial charge on any atom is 0.306 e. The standard InChI is InChI=1S/C69H116O6/c1-4-7-10-13-16-19-22-25-28-31-33-34-35-36-37-39-41-44-47-50-53-56-59-62-68(71)74-65-66(64-73-67(70)61-58-55-52-49-46-43-40-30-27-24-21-18-15-12-9-6-3)75-69(72)63-60-57-54-51-48-45-42-38-32-29-26-23-20-17-14-11-8-5-2/h7,10,16,19-20,23,25,28-29,32-34,36-37,41,44,50,53,66H,4-6,8-9,11-15,17-18,21-22,24,26-27,30-31,35,38-40,42-43,45-49,51-52,54-65H2,1-3H3/b10-7-,19-16-,23-20-,28-25-,32-29-,34-33-,37-36-,44-41-,53-50-. The van der Waals surface area contributed by atoms with Crippen LogP contribution in [0.4, 0.5) is 0 Å². The van der Waals surface area contributed by atoms with Gasteiger partial charge < -0.3 is 14.2 Å². The van der Waals surface area contributed by atoms with Crippen LogP contribution in [-0.2, 0) is 28.6 Å². The van der Waals surface area contributed by atoms with Crippen LogP contribution in [0.25, 0.3) is 0 Å². The first-order valence-electron chi connectivity index (χ1n) is 31.4. The fraction of sp³-hybridized carbons (Fsp3) is 0.696. The van der Waals surface area contributed by atoms with E-state index in [0.717, 1.165) is 103 Å². The van der Waals surface area contributed by atoms with Crippen LogP contribution in [0.3, 0.4) is 0 Å². The molecule has 75 heavy (non-hydrogen) atoms. The summed E-state index contributed by atoms with van der Waals surface area (Å²) in [4.78, 5) is 38.3. The van der Waals surface area contributed by atoms with E-state index in [1.165, 1.54) is 141 Å². The van der Waals surface area contributed by atoms with Crippen LogP contribution >= 0.6 is 0 Å². The molecular weight excluding hydrogens is 925 g/mol. The zero-order valence-corrected chi connectivity index (χ0v) is 49.0. The van der Waals surface area contributed by atoms with Crippen molar-refractivity contribution in [2.24, 2.45) is 0 Å². The molecule has 1 unspecified atom stereocenters. The molecular formula is C69H116O6. The Morgan fingerprint density at radius 2 is 0.533 bits per heavy atom. The van der Waals surface area contributed by atoms with Gasteiger partial charge in [0.05, 0.1) is 0 Å². The third-order valence-corrected chi connectivity index (χ3v) is 13.3. The maximum atomic E-state index is 12.9. The Hall–Kier alpha value is -3.93. The SMILES string of the molecule is CC/C=C\C/C=C\C/C=C\C/C=C\C/C=C\C/C=C\C/C=C\CCCC(=O)OCC(COC(=O)CCCCCCCCCCCCCCCCCC)OC(=O)CCCCCCCCC/C=C\C/C=C\CCCCCC. The maximum absolute atomic E-state index is 12.9. The molecule has 0 aliphatic carbocycles.